The number of methoxy groups -OCH3 is 1. The van der Waals surface area contributed by atoms with E-state index in [0.29, 0.717) is 17.5 Å². The van der Waals surface area contributed by atoms with E-state index in [4.69, 9.17) is 32.7 Å². The first-order valence-corrected chi connectivity index (χ1v) is 7.64. The van der Waals surface area contributed by atoms with E-state index in [-0.39, 0.29) is 0 Å². The van der Waals surface area contributed by atoms with Crippen molar-refractivity contribution in [1.82, 2.24) is 0 Å². The SMILES string of the molecule is COc1ccc(Br)c(COc2ccc(Cl)cc2CCl)c1. The van der Waals surface area contributed by atoms with Crippen LogP contribution < -0.4 is 9.47 Å². The topological polar surface area (TPSA) is 18.5 Å². The fourth-order valence-corrected chi connectivity index (χ4v) is 2.50. The average Bonchev–Trinajstić information content (AvgIpc) is 2.47. The minimum Gasteiger partial charge on any atom is -0.497 e. The summed E-state index contributed by atoms with van der Waals surface area (Å²) in [5, 5.41) is 0.649. The predicted octanol–water partition coefficient (Wildman–Crippen LogP) is 5.43. The normalized spacial score (nSPS) is 10.4. The van der Waals surface area contributed by atoms with Crippen molar-refractivity contribution >= 4 is 39.1 Å². The first-order chi connectivity index (χ1) is 9.63. The Bertz CT molecular complexity index is 602. The molecule has 0 saturated carbocycles. The largest absolute Gasteiger partial charge is 0.497 e. The summed E-state index contributed by atoms with van der Waals surface area (Å²) in [5.74, 6) is 1.88. The number of hydrogen-bond donors (Lipinski definition) is 0. The fraction of sp³-hybridized carbons (Fsp3) is 0.200. The van der Waals surface area contributed by atoms with Gasteiger partial charge in [-0.3, -0.25) is 0 Å². The molecule has 0 N–H and O–H groups in total. The molecule has 0 spiro atoms. The van der Waals surface area contributed by atoms with Gasteiger partial charge in [-0.1, -0.05) is 27.5 Å². The molecule has 0 unspecified atom stereocenters. The van der Waals surface area contributed by atoms with Gasteiger partial charge in [0.15, 0.2) is 0 Å². The molecule has 0 aliphatic rings. The lowest BCUT2D eigenvalue weighted by molar-refractivity contribution is 0.302. The van der Waals surface area contributed by atoms with Crippen molar-refractivity contribution in [3.63, 3.8) is 0 Å². The Labute approximate surface area is 136 Å². The van der Waals surface area contributed by atoms with Gasteiger partial charge in [0.2, 0.25) is 0 Å². The lowest BCUT2D eigenvalue weighted by Crippen LogP contribution is -1.99. The van der Waals surface area contributed by atoms with Crippen LogP contribution in [0.3, 0.4) is 0 Å². The molecule has 0 aliphatic carbocycles. The Balaban J connectivity index is 2.16. The molecule has 0 aromatic heterocycles. The summed E-state index contributed by atoms with van der Waals surface area (Å²) in [7, 11) is 1.64. The van der Waals surface area contributed by atoms with Crippen molar-refractivity contribution in [2.45, 2.75) is 12.5 Å². The molecular weight excluding hydrogens is 363 g/mol. The first-order valence-electron chi connectivity index (χ1n) is 5.93. The Kier molecular flexibility index (Phi) is 5.58. The molecule has 2 aromatic carbocycles. The zero-order valence-corrected chi connectivity index (χ0v) is 13.9. The van der Waals surface area contributed by atoms with Gasteiger partial charge < -0.3 is 9.47 Å². The highest BCUT2D eigenvalue weighted by molar-refractivity contribution is 9.10. The van der Waals surface area contributed by atoms with Gasteiger partial charge in [-0.25, -0.2) is 0 Å². The first kappa shape index (κ1) is 15.5. The summed E-state index contributed by atoms with van der Waals surface area (Å²) in [5.41, 5.74) is 1.87. The van der Waals surface area contributed by atoms with Gasteiger partial charge in [0, 0.05) is 20.6 Å². The molecule has 0 radical (unpaired) electrons. The number of hydrogen-bond acceptors (Lipinski definition) is 2. The van der Waals surface area contributed by atoms with Crippen LogP contribution in [0.15, 0.2) is 40.9 Å². The van der Waals surface area contributed by atoms with Crippen LogP contribution in [0.25, 0.3) is 0 Å². The molecule has 5 heteroatoms. The second-order valence-corrected chi connectivity index (χ2v) is 5.69. The Morgan fingerprint density at radius 2 is 1.90 bits per heavy atom. The molecule has 0 aliphatic heterocycles. The fourth-order valence-electron chi connectivity index (χ4n) is 1.74. The molecule has 20 heavy (non-hydrogen) atoms. The van der Waals surface area contributed by atoms with E-state index in [1.54, 1.807) is 13.2 Å². The van der Waals surface area contributed by atoms with Gasteiger partial charge in [0.05, 0.1) is 13.0 Å². The lowest BCUT2D eigenvalue weighted by atomic mass is 10.2. The minimum absolute atomic E-state index is 0.356. The van der Waals surface area contributed by atoms with Crippen LogP contribution in [-0.4, -0.2) is 7.11 Å². The maximum absolute atomic E-state index is 5.94. The quantitative estimate of drug-likeness (QED) is 0.648. The highest BCUT2D eigenvalue weighted by Gasteiger charge is 2.07. The van der Waals surface area contributed by atoms with E-state index < -0.39 is 0 Å². The molecule has 106 valence electrons. The van der Waals surface area contributed by atoms with Crippen molar-refractivity contribution in [1.29, 1.82) is 0 Å². The van der Waals surface area contributed by atoms with Gasteiger partial charge in [-0.2, -0.15) is 0 Å². The monoisotopic (exact) mass is 374 g/mol. The maximum atomic E-state index is 5.94. The van der Waals surface area contributed by atoms with E-state index in [2.05, 4.69) is 15.9 Å². The molecule has 2 rings (SSSR count). The third kappa shape index (κ3) is 3.81. The van der Waals surface area contributed by atoms with Crippen molar-refractivity contribution in [2.24, 2.45) is 0 Å². The zero-order chi connectivity index (χ0) is 14.5. The molecule has 0 fully saturated rings. The highest BCUT2D eigenvalue weighted by atomic mass is 79.9. The van der Waals surface area contributed by atoms with Crippen molar-refractivity contribution < 1.29 is 9.47 Å². The summed E-state index contributed by atoms with van der Waals surface area (Å²) in [6.45, 7) is 0.420. The van der Waals surface area contributed by atoms with Crippen LogP contribution in [0.1, 0.15) is 11.1 Å². The molecule has 0 saturated heterocycles. The number of halogens is 3. The van der Waals surface area contributed by atoms with Gasteiger partial charge in [0.25, 0.3) is 0 Å². The Morgan fingerprint density at radius 3 is 2.60 bits per heavy atom. The number of ether oxygens (including phenoxy) is 2. The Morgan fingerprint density at radius 1 is 1.10 bits per heavy atom. The summed E-state index contributed by atoms with van der Waals surface area (Å²) < 4.78 is 12.0. The third-order valence-electron chi connectivity index (χ3n) is 2.80. The average molecular weight is 376 g/mol. The second kappa shape index (κ2) is 7.21. The maximum Gasteiger partial charge on any atom is 0.124 e. The van der Waals surface area contributed by atoms with E-state index in [9.17, 15) is 0 Å². The van der Waals surface area contributed by atoms with Crippen LogP contribution in [0.4, 0.5) is 0 Å². The van der Waals surface area contributed by atoms with Gasteiger partial charge in [0.1, 0.15) is 18.1 Å². The van der Waals surface area contributed by atoms with Crippen molar-refractivity contribution in [3.05, 3.63) is 57.0 Å². The van der Waals surface area contributed by atoms with Crippen LogP contribution in [-0.2, 0) is 12.5 Å². The number of benzene rings is 2. The van der Waals surface area contributed by atoms with Gasteiger partial charge in [-0.05, 0) is 36.4 Å². The van der Waals surface area contributed by atoms with Gasteiger partial charge >= 0.3 is 0 Å². The molecule has 2 aromatic rings. The summed E-state index contributed by atoms with van der Waals surface area (Å²) in [6, 6.07) is 11.2. The molecule has 0 bridgehead atoms. The molecule has 2 nitrogen and oxygen atoms in total. The molecule has 0 heterocycles. The highest BCUT2D eigenvalue weighted by Crippen LogP contribution is 2.27. The van der Waals surface area contributed by atoms with Crippen molar-refractivity contribution in [3.8, 4) is 11.5 Å². The lowest BCUT2D eigenvalue weighted by Gasteiger charge is -2.12. The van der Waals surface area contributed by atoms with Crippen LogP contribution in [0.5, 0.6) is 11.5 Å². The summed E-state index contributed by atoms with van der Waals surface area (Å²) >= 11 is 15.3. The third-order valence-corrected chi connectivity index (χ3v) is 4.10. The number of rotatable bonds is 5. The van der Waals surface area contributed by atoms with E-state index in [1.165, 1.54) is 0 Å². The van der Waals surface area contributed by atoms with E-state index in [1.807, 2.05) is 30.3 Å². The summed E-state index contributed by atoms with van der Waals surface area (Å²) in [6.07, 6.45) is 0. The van der Waals surface area contributed by atoms with Gasteiger partial charge in [-0.15, -0.1) is 11.6 Å². The van der Waals surface area contributed by atoms with Crippen LogP contribution in [0, 0.1) is 0 Å². The molecule has 0 amide bonds. The van der Waals surface area contributed by atoms with E-state index >= 15 is 0 Å². The molecular formula is C15H13BrCl2O2. The van der Waals surface area contributed by atoms with Crippen LogP contribution >= 0.6 is 39.1 Å². The minimum atomic E-state index is 0.356. The predicted molar refractivity (Wildman–Crippen MR) is 86.0 cm³/mol. The van der Waals surface area contributed by atoms with Crippen molar-refractivity contribution in [2.75, 3.05) is 7.11 Å². The standard InChI is InChI=1S/C15H13BrCl2O2/c1-19-13-3-4-14(16)11(7-13)9-20-15-5-2-12(18)6-10(15)8-17/h2-7H,8-9H2,1H3. The Hall–Kier alpha value is -0.900. The summed E-state index contributed by atoms with van der Waals surface area (Å²) in [4.78, 5) is 0. The number of alkyl halides is 1. The molecule has 0 atom stereocenters. The second-order valence-electron chi connectivity index (χ2n) is 4.13. The van der Waals surface area contributed by atoms with E-state index in [0.717, 1.165) is 27.1 Å². The van der Waals surface area contributed by atoms with Crippen LogP contribution in [0.2, 0.25) is 5.02 Å². The smallest absolute Gasteiger partial charge is 0.124 e. The zero-order valence-electron chi connectivity index (χ0n) is 10.8.